The number of nitrogens with zero attached hydrogens (tertiary/aromatic N) is 2. The molecule has 0 unspecified atom stereocenters. The molecule has 1 saturated heterocycles. The van der Waals surface area contributed by atoms with Crippen LogP contribution in [0.25, 0.3) is 10.6 Å². The molecule has 144 valence electrons. The first-order chi connectivity index (χ1) is 13.1. The topological polar surface area (TPSA) is 74.3 Å². The van der Waals surface area contributed by atoms with Gasteiger partial charge in [0.05, 0.1) is 12.1 Å². The van der Waals surface area contributed by atoms with Crippen LogP contribution in [0.15, 0.2) is 35.7 Å². The van der Waals surface area contributed by atoms with Crippen molar-refractivity contribution >= 4 is 23.2 Å². The standard InChI is InChI=1S/C20H26N4O2S/c1-21-18(25)11-16-8-9-17(24(16)2)12-22-19(26)10-15-13-27-20(23-15)14-6-4-3-5-7-14/h3-7,13,16-17H,8-12H2,1-2H3,(H,21,25)(H,22,26)/t16-,17+/m1/s1. The van der Waals surface area contributed by atoms with Crippen LogP contribution < -0.4 is 10.6 Å². The zero-order valence-electron chi connectivity index (χ0n) is 15.8. The first-order valence-corrected chi connectivity index (χ1v) is 10.1. The number of carbonyl (C=O) groups is 2. The number of likely N-dealkylation sites (tertiary alicyclic amines) is 1. The highest BCUT2D eigenvalue weighted by molar-refractivity contribution is 7.13. The summed E-state index contributed by atoms with van der Waals surface area (Å²) in [6, 6.07) is 10.5. The molecule has 1 aliphatic heterocycles. The van der Waals surface area contributed by atoms with Gasteiger partial charge in [-0.05, 0) is 19.9 Å². The second-order valence-electron chi connectivity index (χ2n) is 6.92. The smallest absolute Gasteiger partial charge is 0.226 e. The third kappa shape index (κ3) is 5.14. The highest BCUT2D eigenvalue weighted by Crippen LogP contribution is 2.25. The molecule has 2 atom stereocenters. The Morgan fingerprint density at radius 2 is 1.93 bits per heavy atom. The van der Waals surface area contributed by atoms with Gasteiger partial charge in [-0.3, -0.25) is 14.5 Å². The maximum absolute atomic E-state index is 12.3. The molecule has 0 radical (unpaired) electrons. The van der Waals surface area contributed by atoms with Gasteiger partial charge in [-0.2, -0.15) is 0 Å². The van der Waals surface area contributed by atoms with Crippen LogP contribution in [-0.4, -0.2) is 54.4 Å². The van der Waals surface area contributed by atoms with Crippen molar-refractivity contribution in [3.63, 3.8) is 0 Å². The SMILES string of the molecule is CNC(=O)C[C@H]1CC[C@@H](CNC(=O)Cc2csc(-c3ccccc3)n2)N1C. The first-order valence-electron chi connectivity index (χ1n) is 9.26. The lowest BCUT2D eigenvalue weighted by atomic mass is 10.1. The van der Waals surface area contributed by atoms with Crippen LogP contribution in [0.1, 0.15) is 25.0 Å². The number of hydrogen-bond donors (Lipinski definition) is 2. The van der Waals surface area contributed by atoms with Gasteiger partial charge < -0.3 is 10.6 Å². The van der Waals surface area contributed by atoms with Crippen molar-refractivity contribution in [2.24, 2.45) is 0 Å². The highest BCUT2D eigenvalue weighted by atomic mass is 32.1. The number of aromatic nitrogens is 1. The van der Waals surface area contributed by atoms with Crippen molar-refractivity contribution in [2.75, 3.05) is 20.6 Å². The second-order valence-corrected chi connectivity index (χ2v) is 7.78. The molecule has 1 fully saturated rings. The lowest BCUT2D eigenvalue weighted by Gasteiger charge is -2.25. The molecule has 7 heteroatoms. The van der Waals surface area contributed by atoms with Crippen molar-refractivity contribution in [1.82, 2.24) is 20.5 Å². The van der Waals surface area contributed by atoms with Crippen molar-refractivity contribution in [2.45, 2.75) is 37.8 Å². The Labute approximate surface area is 164 Å². The molecule has 0 bridgehead atoms. The van der Waals surface area contributed by atoms with Crippen molar-refractivity contribution in [3.8, 4) is 10.6 Å². The Morgan fingerprint density at radius 1 is 1.19 bits per heavy atom. The van der Waals surface area contributed by atoms with Crippen molar-refractivity contribution in [1.29, 1.82) is 0 Å². The largest absolute Gasteiger partial charge is 0.359 e. The number of likely N-dealkylation sites (N-methyl/N-ethyl adjacent to an activating group) is 1. The fourth-order valence-corrected chi connectivity index (χ4v) is 4.28. The number of hydrogen-bond acceptors (Lipinski definition) is 5. The molecule has 2 aromatic rings. The first kappa shape index (κ1) is 19.5. The molecular weight excluding hydrogens is 360 g/mol. The monoisotopic (exact) mass is 386 g/mol. The van der Waals surface area contributed by atoms with Gasteiger partial charge in [0.25, 0.3) is 0 Å². The van der Waals surface area contributed by atoms with E-state index in [1.54, 1.807) is 18.4 Å². The molecule has 0 spiro atoms. The van der Waals surface area contributed by atoms with Crippen molar-refractivity contribution in [3.05, 3.63) is 41.4 Å². The molecule has 2 heterocycles. The molecule has 1 aliphatic rings. The summed E-state index contributed by atoms with van der Waals surface area (Å²) in [7, 11) is 3.70. The van der Waals surface area contributed by atoms with E-state index >= 15 is 0 Å². The van der Waals surface area contributed by atoms with E-state index in [0.29, 0.717) is 19.4 Å². The quantitative estimate of drug-likeness (QED) is 0.764. The van der Waals surface area contributed by atoms with Crippen LogP contribution in [0.2, 0.25) is 0 Å². The Bertz CT molecular complexity index is 777. The van der Waals surface area contributed by atoms with Gasteiger partial charge in [-0.25, -0.2) is 4.98 Å². The van der Waals surface area contributed by atoms with Crippen molar-refractivity contribution < 1.29 is 9.59 Å². The highest BCUT2D eigenvalue weighted by Gasteiger charge is 2.31. The van der Waals surface area contributed by atoms with Crippen LogP contribution in [-0.2, 0) is 16.0 Å². The zero-order valence-corrected chi connectivity index (χ0v) is 16.6. The zero-order chi connectivity index (χ0) is 19.2. The molecule has 2 N–H and O–H groups in total. The Kier molecular flexibility index (Phi) is 6.58. The van der Waals surface area contributed by atoms with Gasteiger partial charge in [0.2, 0.25) is 11.8 Å². The molecule has 27 heavy (non-hydrogen) atoms. The molecule has 3 rings (SSSR count). The van der Waals surface area contributed by atoms with Crippen LogP contribution in [0.5, 0.6) is 0 Å². The van der Waals surface area contributed by atoms with Gasteiger partial charge >= 0.3 is 0 Å². The molecule has 0 saturated carbocycles. The van der Waals surface area contributed by atoms with Gasteiger partial charge in [-0.15, -0.1) is 11.3 Å². The van der Waals surface area contributed by atoms with Gasteiger partial charge in [-0.1, -0.05) is 30.3 Å². The average molecular weight is 387 g/mol. The number of nitrogens with one attached hydrogen (secondary N) is 2. The van der Waals surface area contributed by atoms with Crippen LogP contribution >= 0.6 is 11.3 Å². The summed E-state index contributed by atoms with van der Waals surface area (Å²) in [5.41, 5.74) is 1.87. The number of benzene rings is 1. The van der Waals surface area contributed by atoms with E-state index in [4.69, 9.17) is 0 Å². The molecule has 6 nitrogen and oxygen atoms in total. The summed E-state index contributed by atoms with van der Waals surface area (Å²) >= 11 is 1.56. The number of amides is 2. The number of thiazole rings is 1. The summed E-state index contributed by atoms with van der Waals surface area (Å²) < 4.78 is 0. The molecule has 2 amide bonds. The molecule has 0 aliphatic carbocycles. The van der Waals surface area contributed by atoms with Gasteiger partial charge in [0.15, 0.2) is 0 Å². The normalized spacial score (nSPS) is 19.8. The summed E-state index contributed by atoms with van der Waals surface area (Å²) in [5.74, 6) is 0.0531. The second kappa shape index (κ2) is 9.10. The Balaban J connectivity index is 1.46. The number of carbonyl (C=O) groups excluding carboxylic acids is 2. The Hall–Kier alpha value is -2.25. The van der Waals surface area contributed by atoms with Gasteiger partial charge in [0, 0.05) is 43.0 Å². The Morgan fingerprint density at radius 3 is 2.67 bits per heavy atom. The molecular formula is C20H26N4O2S. The fraction of sp³-hybridized carbons (Fsp3) is 0.450. The summed E-state index contributed by atoms with van der Waals surface area (Å²) in [6.07, 6.45) is 2.78. The predicted molar refractivity (Wildman–Crippen MR) is 108 cm³/mol. The van der Waals surface area contributed by atoms with Crippen LogP contribution in [0, 0.1) is 0 Å². The third-order valence-corrected chi connectivity index (χ3v) is 6.07. The number of rotatable bonds is 7. The van der Waals surface area contributed by atoms with E-state index in [0.717, 1.165) is 29.1 Å². The van der Waals surface area contributed by atoms with Crippen LogP contribution in [0.4, 0.5) is 0 Å². The predicted octanol–water partition coefficient (Wildman–Crippen LogP) is 2.07. The maximum atomic E-state index is 12.3. The van der Waals surface area contributed by atoms with Gasteiger partial charge in [0.1, 0.15) is 5.01 Å². The minimum atomic E-state index is -0.0111. The average Bonchev–Trinajstić information content (AvgIpc) is 3.28. The molecule has 1 aromatic heterocycles. The maximum Gasteiger partial charge on any atom is 0.226 e. The lowest BCUT2D eigenvalue weighted by molar-refractivity contribution is -0.122. The fourth-order valence-electron chi connectivity index (χ4n) is 3.46. The van der Waals surface area contributed by atoms with E-state index in [-0.39, 0.29) is 23.9 Å². The minimum absolute atomic E-state index is 0.0111. The summed E-state index contributed by atoms with van der Waals surface area (Å²) in [6.45, 7) is 0.606. The van der Waals surface area contributed by atoms with E-state index in [1.165, 1.54) is 0 Å². The van der Waals surface area contributed by atoms with E-state index < -0.39 is 0 Å². The lowest BCUT2D eigenvalue weighted by Crippen LogP contribution is -2.42. The van der Waals surface area contributed by atoms with E-state index in [2.05, 4.69) is 20.5 Å². The molecule has 1 aromatic carbocycles. The van der Waals surface area contributed by atoms with E-state index in [1.807, 2.05) is 42.8 Å². The van der Waals surface area contributed by atoms with E-state index in [9.17, 15) is 9.59 Å². The third-order valence-electron chi connectivity index (χ3n) is 5.13. The summed E-state index contributed by atoms with van der Waals surface area (Å²) in [5, 5.41) is 8.58. The summed E-state index contributed by atoms with van der Waals surface area (Å²) in [4.78, 5) is 30.7. The minimum Gasteiger partial charge on any atom is -0.359 e. The van der Waals surface area contributed by atoms with Crippen LogP contribution in [0.3, 0.4) is 0 Å².